The Labute approximate surface area is 112 Å². The van der Waals surface area contributed by atoms with Crippen LogP contribution >= 0.6 is 0 Å². The second kappa shape index (κ2) is 3.99. The molecule has 0 radical (unpaired) electrons. The van der Waals surface area contributed by atoms with Crippen LogP contribution in [-0.2, 0) is 0 Å². The van der Waals surface area contributed by atoms with Gasteiger partial charge in [0.15, 0.2) is 0 Å². The molecule has 0 spiro atoms. The molecule has 0 saturated heterocycles. The summed E-state index contributed by atoms with van der Waals surface area (Å²) >= 11 is 0. The van der Waals surface area contributed by atoms with Crippen molar-refractivity contribution in [2.24, 2.45) is 23.2 Å². The van der Waals surface area contributed by atoms with E-state index in [4.69, 9.17) is 0 Å². The van der Waals surface area contributed by atoms with Crippen molar-refractivity contribution in [3.8, 4) is 0 Å². The van der Waals surface area contributed by atoms with Crippen LogP contribution in [0.3, 0.4) is 0 Å². The molecule has 4 atom stereocenters. The lowest BCUT2D eigenvalue weighted by Gasteiger charge is -2.50. The standard InChI is InChI=1S/C18H26/c1-18-11-4-7-17(18)16-9-8-13-5-2-3-6-14(13)15(16)10-12-18/h2,5,15-17H,3-4,6-12H2,1H3/t15-,16-,17+,18+/m1/s1. The summed E-state index contributed by atoms with van der Waals surface area (Å²) in [5, 5.41) is 0. The number of hydrogen-bond donors (Lipinski definition) is 0. The Hall–Kier alpha value is -0.520. The van der Waals surface area contributed by atoms with E-state index in [1.807, 2.05) is 5.57 Å². The van der Waals surface area contributed by atoms with Crippen LogP contribution in [0.1, 0.15) is 64.7 Å². The van der Waals surface area contributed by atoms with Crippen LogP contribution in [0.5, 0.6) is 0 Å². The molecule has 4 rings (SSSR count). The van der Waals surface area contributed by atoms with Crippen LogP contribution in [-0.4, -0.2) is 0 Å². The van der Waals surface area contributed by atoms with Gasteiger partial charge in [0.05, 0.1) is 0 Å². The lowest BCUT2D eigenvalue weighted by Crippen LogP contribution is -2.41. The minimum absolute atomic E-state index is 0.726. The van der Waals surface area contributed by atoms with Crippen LogP contribution in [0.25, 0.3) is 0 Å². The molecule has 0 unspecified atom stereocenters. The third kappa shape index (κ3) is 1.50. The summed E-state index contributed by atoms with van der Waals surface area (Å²) in [5.41, 5.74) is 4.36. The Kier molecular flexibility index (Phi) is 2.51. The third-order valence-electron chi connectivity index (χ3n) is 6.72. The first-order valence-corrected chi connectivity index (χ1v) is 8.16. The summed E-state index contributed by atoms with van der Waals surface area (Å²) in [4.78, 5) is 0. The summed E-state index contributed by atoms with van der Waals surface area (Å²) in [6, 6.07) is 0. The van der Waals surface area contributed by atoms with E-state index < -0.39 is 0 Å². The summed E-state index contributed by atoms with van der Waals surface area (Å²) in [5.74, 6) is 3.10. The molecule has 4 aliphatic rings. The summed E-state index contributed by atoms with van der Waals surface area (Å²) in [7, 11) is 0. The highest BCUT2D eigenvalue weighted by molar-refractivity contribution is 5.34. The zero-order valence-corrected chi connectivity index (χ0v) is 11.8. The SMILES string of the molecule is C[C@@]12CCC[C@H]1[C@@H]1CCC3=C(CCC=C3)[C@H]1CC2. The molecule has 4 aliphatic carbocycles. The molecule has 0 aliphatic heterocycles. The van der Waals surface area contributed by atoms with Gasteiger partial charge < -0.3 is 0 Å². The highest BCUT2D eigenvalue weighted by Gasteiger charge is 2.50. The molecular formula is C18H26. The van der Waals surface area contributed by atoms with Crippen LogP contribution in [0.4, 0.5) is 0 Å². The van der Waals surface area contributed by atoms with Crippen molar-refractivity contribution in [3.05, 3.63) is 23.3 Å². The largest absolute Gasteiger partial charge is 0.0839 e. The molecule has 0 heteroatoms. The van der Waals surface area contributed by atoms with Gasteiger partial charge in [0.1, 0.15) is 0 Å². The molecule has 0 N–H and O–H groups in total. The van der Waals surface area contributed by atoms with Crippen molar-refractivity contribution in [1.29, 1.82) is 0 Å². The average molecular weight is 242 g/mol. The van der Waals surface area contributed by atoms with Gasteiger partial charge in [-0.2, -0.15) is 0 Å². The topological polar surface area (TPSA) is 0 Å². The van der Waals surface area contributed by atoms with E-state index in [2.05, 4.69) is 19.1 Å². The molecule has 0 aromatic heterocycles. The Bertz CT molecular complexity index is 414. The van der Waals surface area contributed by atoms with Crippen molar-refractivity contribution in [2.45, 2.75) is 64.7 Å². The number of hydrogen-bond acceptors (Lipinski definition) is 0. The van der Waals surface area contributed by atoms with E-state index >= 15 is 0 Å². The van der Waals surface area contributed by atoms with E-state index in [9.17, 15) is 0 Å². The minimum Gasteiger partial charge on any atom is -0.0839 e. The quantitative estimate of drug-likeness (QED) is 0.543. The van der Waals surface area contributed by atoms with Crippen molar-refractivity contribution in [3.63, 3.8) is 0 Å². The number of rotatable bonds is 0. The average Bonchev–Trinajstić information content (AvgIpc) is 2.80. The molecular weight excluding hydrogens is 216 g/mol. The predicted molar refractivity (Wildman–Crippen MR) is 76.3 cm³/mol. The third-order valence-corrected chi connectivity index (χ3v) is 6.72. The normalized spacial score (nSPS) is 46.6. The first-order valence-electron chi connectivity index (χ1n) is 8.16. The number of fused-ring (bicyclic) bond motifs is 4. The fraction of sp³-hybridized carbons (Fsp3) is 0.778. The molecule has 0 nitrogen and oxygen atoms in total. The molecule has 0 aromatic carbocycles. The van der Waals surface area contributed by atoms with Crippen LogP contribution in [0, 0.1) is 23.2 Å². The Balaban J connectivity index is 1.68. The fourth-order valence-electron chi connectivity index (χ4n) is 5.84. The van der Waals surface area contributed by atoms with Gasteiger partial charge in [-0.1, -0.05) is 31.1 Å². The van der Waals surface area contributed by atoms with E-state index in [-0.39, 0.29) is 0 Å². The van der Waals surface area contributed by atoms with Crippen molar-refractivity contribution >= 4 is 0 Å². The maximum atomic E-state index is 2.60. The molecule has 0 amide bonds. The molecule has 0 bridgehead atoms. The molecule has 2 saturated carbocycles. The second-order valence-corrected chi connectivity index (χ2v) is 7.49. The Morgan fingerprint density at radius 2 is 2.06 bits per heavy atom. The fourth-order valence-corrected chi connectivity index (χ4v) is 5.84. The molecule has 18 heavy (non-hydrogen) atoms. The van der Waals surface area contributed by atoms with E-state index in [1.165, 1.54) is 57.8 Å². The zero-order chi connectivity index (χ0) is 12.2. The maximum absolute atomic E-state index is 2.60. The van der Waals surface area contributed by atoms with E-state index in [0.717, 1.165) is 23.2 Å². The first kappa shape index (κ1) is 11.3. The summed E-state index contributed by atoms with van der Waals surface area (Å²) < 4.78 is 0. The van der Waals surface area contributed by atoms with Gasteiger partial charge in [-0.25, -0.2) is 0 Å². The Morgan fingerprint density at radius 3 is 3.00 bits per heavy atom. The maximum Gasteiger partial charge on any atom is -0.0166 e. The zero-order valence-electron chi connectivity index (χ0n) is 11.8. The van der Waals surface area contributed by atoms with Gasteiger partial charge >= 0.3 is 0 Å². The summed E-state index contributed by atoms with van der Waals surface area (Å²) in [6.07, 6.45) is 18.0. The number of allylic oxidation sites excluding steroid dienone is 4. The van der Waals surface area contributed by atoms with E-state index in [0.29, 0.717) is 0 Å². The second-order valence-electron chi connectivity index (χ2n) is 7.49. The van der Waals surface area contributed by atoms with Gasteiger partial charge in [0, 0.05) is 0 Å². The van der Waals surface area contributed by atoms with Gasteiger partial charge in [-0.05, 0) is 80.1 Å². The highest BCUT2D eigenvalue weighted by Crippen LogP contribution is 2.60. The summed E-state index contributed by atoms with van der Waals surface area (Å²) in [6.45, 7) is 2.60. The van der Waals surface area contributed by atoms with Gasteiger partial charge in [0.25, 0.3) is 0 Å². The monoisotopic (exact) mass is 242 g/mol. The highest BCUT2D eigenvalue weighted by atomic mass is 14.5. The van der Waals surface area contributed by atoms with Crippen molar-refractivity contribution in [1.82, 2.24) is 0 Å². The smallest absolute Gasteiger partial charge is 0.0166 e. The first-order chi connectivity index (χ1) is 8.78. The molecule has 0 aromatic rings. The van der Waals surface area contributed by atoms with Crippen LogP contribution in [0.15, 0.2) is 23.3 Å². The predicted octanol–water partition coefficient (Wildman–Crippen LogP) is 5.26. The molecule has 0 heterocycles. The van der Waals surface area contributed by atoms with Gasteiger partial charge in [-0.15, -0.1) is 0 Å². The van der Waals surface area contributed by atoms with Gasteiger partial charge in [0.2, 0.25) is 0 Å². The lowest BCUT2D eigenvalue weighted by molar-refractivity contribution is 0.0429. The Morgan fingerprint density at radius 1 is 1.11 bits per heavy atom. The molecule has 98 valence electrons. The van der Waals surface area contributed by atoms with Crippen LogP contribution in [0.2, 0.25) is 0 Å². The van der Waals surface area contributed by atoms with Gasteiger partial charge in [-0.3, -0.25) is 0 Å². The van der Waals surface area contributed by atoms with E-state index in [1.54, 1.807) is 5.57 Å². The van der Waals surface area contributed by atoms with Crippen LogP contribution < -0.4 is 0 Å². The molecule has 2 fully saturated rings. The van der Waals surface area contributed by atoms with Crippen molar-refractivity contribution in [2.75, 3.05) is 0 Å². The minimum atomic E-state index is 0.726. The lowest BCUT2D eigenvalue weighted by atomic mass is 9.55. The van der Waals surface area contributed by atoms with Crippen molar-refractivity contribution < 1.29 is 0 Å².